The number of carboxylic acid groups (broad SMARTS) is 1. The summed E-state index contributed by atoms with van der Waals surface area (Å²) in [4.78, 5) is 21.1. The van der Waals surface area contributed by atoms with Gasteiger partial charge in [0.25, 0.3) is 0 Å². The Balaban J connectivity index is 3.46. The molecular formula is C10H6FNO4. The van der Waals surface area contributed by atoms with Gasteiger partial charge in [-0.2, -0.15) is 5.26 Å². The highest BCUT2D eigenvalue weighted by Crippen LogP contribution is 2.21. The molecule has 5 nitrogen and oxygen atoms in total. The number of carboxylic acids is 1. The number of benzene rings is 1. The normalized spacial score (nSPS) is 11.6. The highest BCUT2D eigenvalue weighted by molar-refractivity contribution is 5.83. The quantitative estimate of drug-likeness (QED) is 0.732. The van der Waals surface area contributed by atoms with Crippen molar-refractivity contribution in [1.82, 2.24) is 0 Å². The third-order valence-electron chi connectivity index (χ3n) is 1.94. The second-order valence-electron chi connectivity index (χ2n) is 2.93. The van der Waals surface area contributed by atoms with Crippen LogP contribution in [0.2, 0.25) is 0 Å². The Hall–Kier alpha value is -2.26. The third-order valence-corrected chi connectivity index (χ3v) is 1.94. The number of aldehydes is 1. The molecule has 0 aliphatic rings. The van der Waals surface area contributed by atoms with Gasteiger partial charge in [0.05, 0.1) is 17.2 Å². The van der Waals surface area contributed by atoms with Crippen molar-refractivity contribution in [2.45, 2.75) is 6.10 Å². The third kappa shape index (κ3) is 2.04. The van der Waals surface area contributed by atoms with Gasteiger partial charge in [-0.1, -0.05) is 0 Å². The number of aliphatic carboxylic acids is 1. The predicted octanol–water partition coefficient (Wildman–Crippen LogP) is 0.628. The van der Waals surface area contributed by atoms with Gasteiger partial charge in [-0.25, -0.2) is 9.18 Å². The summed E-state index contributed by atoms with van der Waals surface area (Å²) in [6.07, 6.45) is -1.94. The molecule has 16 heavy (non-hydrogen) atoms. The Kier molecular flexibility index (Phi) is 3.33. The van der Waals surface area contributed by atoms with Crippen molar-refractivity contribution < 1.29 is 24.2 Å². The Labute approximate surface area is 89.4 Å². The van der Waals surface area contributed by atoms with Gasteiger partial charge in [-0.05, 0) is 12.1 Å². The number of aliphatic hydroxyl groups is 1. The first kappa shape index (κ1) is 11.8. The monoisotopic (exact) mass is 223 g/mol. The summed E-state index contributed by atoms with van der Waals surface area (Å²) in [5.74, 6) is -2.66. The number of nitrogens with zero attached hydrogens (tertiary/aromatic N) is 1. The SMILES string of the molecule is N#Cc1cc(F)c(C=O)c(C(O)C(=O)O)c1. The largest absolute Gasteiger partial charge is 0.479 e. The first-order valence-electron chi connectivity index (χ1n) is 4.10. The van der Waals surface area contributed by atoms with Crippen molar-refractivity contribution in [3.05, 3.63) is 34.6 Å². The van der Waals surface area contributed by atoms with Crippen molar-refractivity contribution in [3.63, 3.8) is 0 Å². The molecule has 0 amide bonds. The van der Waals surface area contributed by atoms with Crippen LogP contribution in [0.4, 0.5) is 4.39 Å². The molecule has 0 aromatic heterocycles. The maximum Gasteiger partial charge on any atom is 0.337 e. The number of carbonyl (C=O) groups is 2. The molecule has 1 atom stereocenters. The highest BCUT2D eigenvalue weighted by atomic mass is 19.1. The van der Waals surface area contributed by atoms with Crippen LogP contribution in [0, 0.1) is 17.1 Å². The van der Waals surface area contributed by atoms with Gasteiger partial charge in [0.2, 0.25) is 0 Å². The van der Waals surface area contributed by atoms with Crippen LogP contribution in [0.5, 0.6) is 0 Å². The van der Waals surface area contributed by atoms with Gasteiger partial charge in [-0.3, -0.25) is 4.79 Å². The van der Waals surface area contributed by atoms with Crippen LogP contribution in [-0.2, 0) is 4.79 Å². The smallest absolute Gasteiger partial charge is 0.337 e. The minimum absolute atomic E-state index is 0.0952. The summed E-state index contributed by atoms with van der Waals surface area (Å²) in [5.41, 5.74) is -1.16. The summed E-state index contributed by atoms with van der Waals surface area (Å²) in [7, 11) is 0. The fourth-order valence-corrected chi connectivity index (χ4v) is 1.19. The summed E-state index contributed by atoms with van der Waals surface area (Å²) in [5, 5.41) is 26.3. The Morgan fingerprint density at radius 3 is 2.62 bits per heavy atom. The fraction of sp³-hybridized carbons (Fsp3) is 0.100. The van der Waals surface area contributed by atoms with E-state index in [4.69, 9.17) is 10.4 Å². The number of carbonyl (C=O) groups excluding carboxylic acids is 1. The molecule has 1 rings (SSSR count). The molecular weight excluding hydrogens is 217 g/mol. The van der Waals surface area contributed by atoms with E-state index < -0.39 is 29.0 Å². The van der Waals surface area contributed by atoms with Crippen molar-refractivity contribution in [3.8, 4) is 6.07 Å². The van der Waals surface area contributed by atoms with Crippen molar-refractivity contribution in [1.29, 1.82) is 5.26 Å². The maximum atomic E-state index is 13.2. The summed E-state index contributed by atoms with van der Waals surface area (Å²) >= 11 is 0. The lowest BCUT2D eigenvalue weighted by Gasteiger charge is -2.09. The topological polar surface area (TPSA) is 98.4 Å². The lowest BCUT2D eigenvalue weighted by Crippen LogP contribution is -2.14. The highest BCUT2D eigenvalue weighted by Gasteiger charge is 2.22. The van der Waals surface area contributed by atoms with Crippen LogP contribution < -0.4 is 0 Å². The molecule has 82 valence electrons. The minimum Gasteiger partial charge on any atom is -0.479 e. The zero-order chi connectivity index (χ0) is 12.3. The van der Waals surface area contributed by atoms with Crippen molar-refractivity contribution in [2.24, 2.45) is 0 Å². The molecule has 2 N–H and O–H groups in total. The number of hydrogen-bond donors (Lipinski definition) is 2. The van der Waals surface area contributed by atoms with E-state index in [9.17, 15) is 19.1 Å². The maximum absolute atomic E-state index is 13.2. The molecule has 1 aromatic rings. The Bertz CT molecular complexity index is 492. The molecule has 0 aliphatic carbocycles. The van der Waals surface area contributed by atoms with E-state index in [1.54, 1.807) is 6.07 Å². The van der Waals surface area contributed by atoms with E-state index in [2.05, 4.69) is 0 Å². The number of nitriles is 1. The lowest BCUT2D eigenvalue weighted by molar-refractivity contribution is -0.146. The number of aliphatic hydroxyl groups excluding tert-OH is 1. The molecule has 1 unspecified atom stereocenters. The molecule has 0 heterocycles. The van der Waals surface area contributed by atoms with E-state index in [1.807, 2.05) is 0 Å². The minimum atomic E-state index is -2.04. The van der Waals surface area contributed by atoms with Crippen molar-refractivity contribution >= 4 is 12.3 Å². The molecule has 1 aromatic carbocycles. The first-order valence-corrected chi connectivity index (χ1v) is 4.10. The molecule has 6 heteroatoms. The van der Waals surface area contributed by atoms with Gasteiger partial charge in [-0.15, -0.1) is 0 Å². The first-order chi connectivity index (χ1) is 7.51. The van der Waals surface area contributed by atoms with Crippen LogP contribution in [0.1, 0.15) is 27.6 Å². The summed E-state index contributed by atoms with van der Waals surface area (Å²) in [6.45, 7) is 0. The molecule has 0 spiro atoms. The number of rotatable bonds is 3. The van der Waals surface area contributed by atoms with Gasteiger partial charge < -0.3 is 10.2 Å². The van der Waals surface area contributed by atoms with Gasteiger partial charge >= 0.3 is 5.97 Å². The molecule has 0 radical (unpaired) electrons. The molecule has 0 aliphatic heterocycles. The second kappa shape index (κ2) is 4.51. The van der Waals surface area contributed by atoms with Crippen LogP contribution in [-0.4, -0.2) is 22.5 Å². The zero-order valence-electron chi connectivity index (χ0n) is 7.85. The van der Waals surface area contributed by atoms with E-state index in [0.29, 0.717) is 0 Å². The summed E-state index contributed by atoms with van der Waals surface area (Å²) < 4.78 is 13.2. The van der Waals surface area contributed by atoms with Crippen LogP contribution in [0.15, 0.2) is 12.1 Å². The van der Waals surface area contributed by atoms with Crippen LogP contribution in [0.25, 0.3) is 0 Å². The van der Waals surface area contributed by atoms with Gasteiger partial charge in [0.1, 0.15) is 5.82 Å². The van der Waals surface area contributed by atoms with Crippen molar-refractivity contribution in [2.75, 3.05) is 0 Å². The Morgan fingerprint density at radius 1 is 1.56 bits per heavy atom. The van der Waals surface area contributed by atoms with Gasteiger partial charge in [0, 0.05) is 5.56 Å². The van der Waals surface area contributed by atoms with Crippen LogP contribution >= 0.6 is 0 Å². The fourth-order valence-electron chi connectivity index (χ4n) is 1.19. The average Bonchev–Trinajstić information content (AvgIpc) is 2.26. The van der Waals surface area contributed by atoms with Crippen LogP contribution in [0.3, 0.4) is 0 Å². The number of halogens is 1. The van der Waals surface area contributed by atoms with E-state index in [1.165, 1.54) is 0 Å². The number of hydrogen-bond acceptors (Lipinski definition) is 4. The summed E-state index contributed by atoms with van der Waals surface area (Å²) in [6, 6.07) is 3.35. The standard InChI is InChI=1S/C10H6FNO4/c11-8-2-5(3-12)1-6(7(8)4-13)9(14)10(15)16/h1-2,4,9,14H,(H,15,16). The van der Waals surface area contributed by atoms with E-state index in [-0.39, 0.29) is 11.8 Å². The average molecular weight is 223 g/mol. The zero-order valence-corrected chi connectivity index (χ0v) is 7.85. The second-order valence-corrected chi connectivity index (χ2v) is 2.93. The lowest BCUT2D eigenvalue weighted by atomic mass is 10.00. The van der Waals surface area contributed by atoms with Gasteiger partial charge in [0.15, 0.2) is 12.4 Å². The molecule has 0 bridgehead atoms. The molecule has 0 saturated carbocycles. The van der Waals surface area contributed by atoms with E-state index in [0.717, 1.165) is 12.1 Å². The van der Waals surface area contributed by atoms with E-state index >= 15 is 0 Å². The molecule has 0 saturated heterocycles. The Morgan fingerprint density at radius 2 is 2.19 bits per heavy atom. The predicted molar refractivity (Wildman–Crippen MR) is 49.1 cm³/mol. The molecule has 0 fully saturated rings.